The smallest absolute Gasteiger partial charge is 0.191 e. The van der Waals surface area contributed by atoms with Gasteiger partial charge in [0.25, 0.3) is 0 Å². The number of nitrogens with one attached hydrogen (secondary N) is 2. The zero-order valence-electron chi connectivity index (χ0n) is 12.7. The number of hydrazine groups is 1. The number of thioether (sulfide) groups is 1. The molecule has 2 saturated heterocycles. The molecule has 1 aromatic rings. The fraction of sp³-hybridized carbons (Fsp3) is 0.714. The van der Waals surface area contributed by atoms with Gasteiger partial charge in [-0.15, -0.1) is 0 Å². The zero-order chi connectivity index (χ0) is 14.8. The van der Waals surface area contributed by atoms with Crippen LogP contribution in [0.15, 0.2) is 11.2 Å². The van der Waals surface area contributed by atoms with Crippen molar-refractivity contribution in [2.45, 2.75) is 55.4 Å². The monoisotopic (exact) mass is 308 g/mol. The number of nitrogens with zero attached hydrogens (tertiary/aromatic N) is 3. The van der Waals surface area contributed by atoms with Crippen LogP contribution < -0.4 is 16.6 Å². The third kappa shape index (κ3) is 3.25. The van der Waals surface area contributed by atoms with Gasteiger partial charge in [0.15, 0.2) is 5.16 Å². The van der Waals surface area contributed by atoms with Crippen LogP contribution >= 0.6 is 11.8 Å². The van der Waals surface area contributed by atoms with Crippen molar-refractivity contribution in [3.05, 3.63) is 6.07 Å². The molecule has 4 N–H and O–H groups in total. The van der Waals surface area contributed by atoms with E-state index in [-0.39, 0.29) is 0 Å². The molecule has 2 bridgehead atoms. The highest BCUT2D eigenvalue weighted by Crippen LogP contribution is 2.33. The number of hydrogen-bond donors (Lipinski definition) is 3. The van der Waals surface area contributed by atoms with Crippen LogP contribution in [0.3, 0.4) is 0 Å². The van der Waals surface area contributed by atoms with Crippen LogP contribution in [0.4, 0.5) is 11.6 Å². The third-order valence-corrected chi connectivity index (χ3v) is 5.28. The first kappa shape index (κ1) is 14.9. The van der Waals surface area contributed by atoms with Crippen molar-refractivity contribution in [1.82, 2.24) is 14.9 Å². The van der Waals surface area contributed by atoms with Crippen molar-refractivity contribution in [3.8, 4) is 0 Å². The second-order valence-electron chi connectivity index (χ2n) is 5.99. The second kappa shape index (κ2) is 6.37. The van der Waals surface area contributed by atoms with Crippen LogP contribution in [0.1, 0.15) is 32.1 Å². The van der Waals surface area contributed by atoms with Gasteiger partial charge in [0, 0.05) is 24.2 Å². The van der Waals surface area contributed by atoms with E-state index >= 15 is 0 Å². The summed E-state index contributed by atoms with van der Waals surface area (Å²) in [5.41, 5.74) is 2.61. The number of nitrogens with two attached hydrogens (primary N) is 1. The van der Waals surface area contributed by atoms with Crippen LogP contribution in [0.2, 0.25) is 0 Å². The SMILES string of the molecule is CSc1nc(NN)cc(NC2CC3CCCC(C2)N3C)n1. The maximum Gasteiger partial charge on any atom is 0.191 e. The molecule has 6 nitrogen and oxygen atoms in total. The van der Waals surface area contributed by atoms with Gasteiger partial charge in [-0.25, -0.2) is 15.8 Å². The highest BCUT2D eigenvalue weighted by atomic mass is 32.2. The lowest BCUT2D eigenvalue weighted by molar-refractivity contribution is 0.0608. The lowest BCUT2D eigenvalue weighted by Gasteiger charge is -2.47. The molecular weight excluding hydrogens is 284 g/mol. The molecule has 2 aliphatic rings. The van der Waals surface area contributed by atoms with E-state index in [4.69, 9.17) is 5.84 Å². The highest BCUT2D eigenvalue weighted by molar-refractivity contribution is 7.98. The van der Waals surface area contributed by atoms with Crippen molar-refractivity contribution >= 4 is 23.4 Å². The first-order valence-corrected chi connectivity index (χ1v) is 8.80. The van der Waals surface area contributed by atoms with Gasteiger partial charge in [-0.2, -0.15) is 0 Å². The first-order chi connectivity index (χ1) is 10.2. The van der Waals surface area contributed by atoms with Crippen LogP contribution in [-0.2, 0) is 0 Å². The Kier molecular flexibility index (Phi) is 4.51. The summed E-state index contributed by atoms with van der Waals surface area (Å²) in [6.07, 6.45) is 8.37. The molecule has 0 spiro atoms. The number of hydrogen-bond acceptors (Lipinski definition) is 7. The molecule has 2 atom stereocenters. The molecule has 2 unspecified atom stereocenters. The third-order valence-electron chi connectivity index (χ3n) is 4.73. The van der Waals surface area contributed by atoms with Crippen LogP contribution in [0.5, 0.6) is 0 Å². The van der Waals surface area contributed by atoms with Gasteiger partial charge >= 0.3 is 0 Å². The number of anilines is 2. The Bertz CT molecular complexity index is 460. The van der Waals surface area contributed by atoms with E-state index in [1.807, 2.05) is 12.3 Å². The van der Waals surface area contributed by atoms with E-state index in [9.17, 15) is 0 Å². The molecule has 0 amide bonds. The highest BCUT2D eigenvalue weighted by Gasteiger charge is 2.35. The summed E-state index contributed by atoms with van der Waals surface area (Å²) in [6.45, 7) is 0. The number of piperidine rings is 2. The van der Waals surface area contributed by atoms with Crippen LogP contribution in [-0.4, -0.2) is 46.3 Å². The largest absolute Gasteiger partial charge is 0.367 e. The maximum absolute atomic E-state index is 5.48. The maximum atomic E-state index is 5.48. The fourth-order valence-corrected chi connectivity index (χ4v) is 3.99. The predicted octanol–water partition coefficient (Wildman–Crippen LogP) is 1.91. The summed E-state index contributed by atoms with van der Waals surface area (Å²) in [5.74, 6) is 7.01. The Morgan fingerprint density at radius 2 is 1.90 bits per heavy atom. The zero-order valence-corrected chi connectivity index (χ0v) is 13.5. The van der Waals surface area contributed by atoms with Gasteiger partial charge in [-0.3, -0.25) is 0 Å². The molecule has 0 saturated carbocycles. The van der Waals surface area contributed by atoms with Gasteiger partial charge in [-0.1, -0.05) is 18.2 Å². The second-order valence-corrected chi connectivity index (χ2v) is 6.76. The lowest BCUT2D eigenvalue weighted by Crippen LogP contribution is -2.52. The van der Waals surface area contributed by atoms with Crippen molar-refractivity contribution in [2.75, 3.05) is 24.0 Å². The number of aromatic nitrogens is 2. The Balaban J connectivity index is 1.72. The minimum atomic E-state index is 0.492. The minimum Gasteiger partial charge on any atom is -0.367 e. The molecule has 3 heterocycles. The van der Waals surface area contributed by atoms with E-state index in [1.165, 1.54) is 43.9 Å². The molecule has 0 radical (unpaired) electrons. The molecule has 2 aliphatic heterocycles. The fourth-order valence-electron chi connectivity index (χ4n) is 3.61. The minimum absolute atomic E-state index is 0.492. The van der Waals surface area contributed by atoms with Gasteiger partial charge < -0.3 is 15.6 Å². The Morgan fingerprint density at radius 1 is 1.24 bits per heavy atom. The first-order valence-electron chi connectivity index (χ1n) is 7.57. The van der Waals surface area contributed by atoms with Gasteiger partial charge in [0.2, 0.25) is 0 Å². The van der Waals surface area contributed by atoms with Crippen LogP contribution in [0.25, 0.3) is 0 Å². The summed E-state index contributed by atoms with van der Waals surface area (Å²) in [5, 5.41) is 4.33. The van der Waals surface area contributed by atoms with E-state index < -0.39 is 0 Å². The topological polar surface area (TPSA) is 79.1 Å². The summed E-state index contributed by atoms with van der Waals surface area (Å²) in [6, 6.07) is 3.80. The number of nitrogen functional groups attached to an aromatic ring is 1. The average molecular weight is 308 g/mol. The average Bonchev–Trinajstić information content (AvgIpc) is 2.48. The Hall–Kier alpha value is -1.05. The molecule has 0 aromatic carbocycles. The van der Waals surface area contributed by atoms with Crippen LogP contribution in [0, 0.1) is 0 Å². The number of fused-ring (bicyclic) bond motifs is 2. The normalized spacial score (nSPS) is 29.2. The molecule has 1 aromatic heterocycles. The molecule has 116 valence electrons. The van der Waals surface area contributed by atoms with Gasteiger partial charge in [-0.05, 0) is 39.0 Å². The van der Waals surface area contributed by atoms with Crippen molar-refractivity contribution < 1.29 is 0 Å². The van der Waals surface area contributed by atoms with Gasteiger partial charge in [0.1, 0.15) is 11.6 Å². The van der Waals surface area contributed by atoms with E-state index in [1.54, 1.807) is 0 Å². The summed E-state index contributed by atoms with van der Waals surface area (Å²) < 4.78 is 0. The lowest BCUT2D eigenvalue weighted by atomic mass is 9.82. The summed E-state index contributed by atoms with van der Waals surface area (Å²) >= 11 is 1.53. The molecule has 0 aliphatic carbocycles. The molecule has 7 heteroatoms. The Labute approximate surface area is 130 Å². The van der Waals surface area contributed by atoms with Crippen molar-refractivity contribution in [3.63, 3.8) is 0 Å². The van der Waals surface area contributed by atoms with Crippen molar-refractivity contribution in [2.24, 2.45) is 5.84 Å². The van der Waals surface area contributed by atoms with Crippen molar-refractivity contribution in [1.29, 1.82) is 0 Å². The summed E-state index contributed by atoms with van der Waals surface area (Å²) in [7, 11) is 2.28. The van der Waals surface area contributed by atoms with E-state index in [0.29, 0.717) is 23.9 Å². The molecule has 2 fully saturated rings. The number of rotatable bonds is 4. The van der Waals surface area contributed by atoms with Gasteiger partial charge in [0.05, 0.1) is 0 Å². The quantitative estimate of drug-likeness (QED) is 0.339. The predicted molar refractivity (Wildman–Crippen MR) is 87.5 cm³/mol. The standard InChI is InChI=1S/C14H24N6S/c1-20-10-4-3-5-11(20)7-9(6-10)16-12-8-13(19-15)18-14(17-12)21-2/h8-11H,3-7,15H2,1-2H3,(H2,16,17,18,19). The van der Waals surface area contributed by atoms with E-state index in [0.717, 1.165) is 11.0 Å². The molecule has 3 rings (SSSR count). The summed E-state index contributed by atoms with van der Waals surface area (Å²) in [4.78, 5) is 11.4. The van der Waals surface area contributed by atoms with E-state index in [2.05, 4.69) is 32.7 Å². The molecular formula is C14H24N6S. The molecule has 21 heavy (non-hydrogen) atoms. The Morgan fingerprint density at radius 3 is 2.52 bits per heavy atom.